The monoisotopic (exact) mass is 244 g/mol. The molecule has 1 aliphatic rings. The molecule has 0 atom stereocenters. The highest BCUT2D eigenvalue weighted by atomic mass is 19.4. The third kappa shape index (κ3) is 2.75. The third-order valence-electron chi connectivity index (χ3n) is 2.67. The molecule has 1 aliphatic heterocycles. The molecule has 0 bridgehead atoms. The van der Waals surface area contributed by atoms with Gasteiger partial charge in [-0.25, -0.2) is 4.98 Å². The van der Waals surface area contributed by atoms with E-state index in [1.54, 1.807) is 4.90 Å². The quantitative estimate of drug-likeness (QED) is 0.759. The topological polar surface area (TPSA) is 33.2 Å². The average molecular weight is 244 g/mol. The highest BCUT2D eigenvalue weighted by molar-refractivity contribution is 5.80. The molecule has 0 saturated carbocycles. The van der Waals surface area contributed by atoms with E-state index in [0.29, 0.717) is 25.9 Å². The fourth-order valence-corrected chi connectivity index (χ4v) is 1.74. The minimum Gasteiger partial charge on any atom is -0.356 e. The van der Waals surface area contributed by atoms with Gasteiger partial charge in [0.1, 0.15) is 17.3 Å². The number of carbonyl (C=O) groups is 1. The van der Waals surface area contributed by atoms with E-state index in [1.165, 1.54) is 12.1 Å². The van der Waals surface area contributed by atoms with E-state index in [2.05, 4.69) is 4.98 Å². The number of piperidine rings is 1. The molecule has 2 heterocycles. The van der Waals surface area contributed by atoms with Gasteiger partial charge in [0.25, 0.3) is 0 Å². The molecule has 0 aromatic carbocycles. The minimum atomic E-state index is -4.43. The van der Waals surface area contributed by atoms with Gasteiger partial charge in [-0.15, -0.1) is 0 Å². The molecule has 1 saturated heterocycles. The van der Waals surface area contributed by atoms with Gasteiger partial charge in [0.05, 0.1) is 0 Å². The fraction of sp³-hybridized carbons (Fsp3) is 0.455. The number of ketones is 1. The number of hydrogen-bond donors (Lipinski definition) is 0. The summed E-state index contributed by atoms with van der Waals surface area (Å²) < 4.78 is 37.4. The van der Waals surface area contributed by atoms with Crippen molar-refractivity contribution >= 4 is 11.6 Å². The summed E-state index contributed by atoms with van der Waals surface area (Å²) in [7, 11) is 0. The van der Waals surface area contributed by atoms with Crippen LogP contribution in [0.1, 0.15) is 18.5 Å². The molecule has 17 heavy (non-hydrogen) atoms. The first-order valence-electron chi connectivity index (χ1n) is 5.28. The number of anilines is 1. The lowest BCUT2D eigenvalue weighted by Crippen LogP contribution is -2.34. The molecule has 0 aliphatic carbocycles. The average Bonchev–Trinajstić information content (AvgIpc) is 2.29. The van der Waals surface area contributed by atoms with Crippen LogP contribution in [-0.2, 0) is 11.0 Å². The SMILES string of the molecule is O=C1CCN(c2cccc(C(F)(F)F)n2)CC1. The van der Waals surface area contributed by atoms with Gasteiger partial charge in [0.15, 0.2) is 0 Å². The second-order valence-corrected chi connectivity index (χ2v) is 3.90. The fourth-order valence-electron chi connectivity index (χ4n) is 1.74. The molecule has 0 spiro atoms. The first-order chi connectivity index (χ1) is 7.97. The highest BCUT2D eigenvalue weighted by Gasteiger charge is 2.33. The number of halogens is 3. The van der Waals surface area contributed by atoms with Crippen LogP contribution in [0.5, 0.6) is 0 Å². The summed E-state index contributed by atoms with van der Waals surface area (Å²) in [6.45, 7) is 0.875. The summed E-state index contributed by atoms with van der Waals surface area (Å²) in [5.41, 5.74) is -0.896. The van der Waals surface area contributed by atoms with Crippen molar-refractivity contribution < 1.29 is 18.0 Å². The van der Waals surface area contributed by atoms with Crippen LogP contribution in [0.4, 0.5) is 19.0 Å². The van der Waals surface area contributed by atoms with E-state index >= 15 is 0 Å². The zero-order valence-corrected chi connectivity index (χ0v) is 9.00. The maximum absolute atomic E-state index is 12.5. The molecule has 1 fully saturated rings. The van der Waals surface area contributed by atoms with E-state index in [9.17, 15) is 18.0 Å². The van der Waals surface area contributed by atoms with Crippen LogP contribution in [0.2, 0.25) is 0 Å². The van der Waals surface area contributed by atoms with E-state index in [1.807, 2.05) is 0 Å². The lowest BCUT2D eigenvalue weighted by Gasteiger charge is -2.27. The van der Waals surface area contributed by atoms with Gasteiger partial charge in [0, 0.05) is 25.9 Å². The summed E-state index contributed by atoms with van der Waals surface area (Å²) in [6.07, 6.45) is -3.68. The Balaban J connectivity index is 2.19. The number of nitrogens with zero attached hydrogens (tertiary/aromatic N) is 2. The Bertz CT molecular complexity index is 421. The summed E-state index contributed by atoms with van der Waals surface area (Å²) in [4.78, 5) is 16.3. The van der Waals surface area contributed by atoms with Gasteiger partial charge >= 0.3 is 6.18 Å². The lowest BCUT2D eigenvalue weighted by atomic mass is 10.1. The van der Waals surface area contributed by atoms with Gasteiger partial charge in [-0.3, -0.25) is 4.79 Å². The second kappa shape index (κ2) is 4.35. The largest absolute Gasteiger partial charge is 0.433 e. The normalized spacial score (nSPS) is 17.4. The Hall–Kier alpha value is -1.59. The Kier molecular flexibility index (Phi) is 3.04. The number of hydrogen-bond acceptors (Lipinski definition) is 3. The van der Waals surface area contributed by atoms with Crippen molar-refractivity contribution in [2.75, 3.05) is 18.0 Å². The molecule has 0 unspecified atom stereocenters. The maximum atomic E-state index is 12.5. The maximum Gasteiger partial charge on any atom is 0.433 e. The molecule has 2 rings (SSSR count). The molecule has 92 valence electrons. The van der Waals surface area contributed by atoms with Gasteiger partial charge in [-0.1, -0.05) is 6.07 Å². The molecular formula is C11H11F3N2O. The molecule has 0 amide bonds. The highest BCUT2D eigenvalue weighted by Crippen LogP contribution is 2.29. The van der Waals surface area contributed by atoms with Crippen molar-refractivity contribution in [3.63, 3.8) is 0 Å². The Morgan fingerprint density at radius 1 is 1.18 bits per heavy atom. The van der Waals surface area contributed by atoms with Crippen LogP contribution in [0.25, 0.3) is 0 Å². The Labute approximate surface area is 96.3 Å². The van der Waals surface area contributed by atoms with E-state index in [-0.39, 0.29) is 11.6 Å². The zero-order chi connectivity index (χ0) is 12.5. The van der Waals surface area contributed by atoms with Crippen molar-refractivity contribution in [3.8, 4) is 0 Å². The van der Waals surface area contributed by atoms with Crippen molar-refractivity contribution in [3.05, 3.63) is 23.9 Å². The first-order valence-corrected chi connectivity index (χ1v) is 5.28. The van der Waals surface area contributed by atoms with Gasteiger partial charge in [0.2, 0.25) is 0 Å². The zero-order valence-electron chi connectivity index (χ0n) is 9.00. The van der Waals surface area contributed by atoms with Gasteiger partial charge in [-0.05, 0) is 12.1 Å². The van der Waals surface area contributed by atoms with Crippen molar-refractivity contribution in [1.82, 2.24) is 4.98 Å². The minimum absolute atomic E-state index is 0.147. The van der Waals surface area contributed by atoms with Crippen molar-refractivity contribution in [2.45, 2.75) is 19.0 Å². The number of Topliss-reactive ketones (excluding diaryl/α,β-unsaturated/α-hetero) is 1. The standard InChI is InChI=1S/C11H11F3N2O/c12-11(13,14)9-2-1-3-10(15-9)16-6-4-8(17)5-7-16/h1-3H,4-7H2. The third-order valence-corrected chi connectivity index (χ3v) is 2.67. The summed E-state index contributed by atoms with van der Waals surface area (Å²) in [5.74, 6) is 0.431. The van der Waals surface area contributed by atoms with Crippen LogP contribution in [0, 0.1) is 0 Å². The van der Waals surface area contributed by atoms with Gasteiger partial charge < -0.3 is 4.90 Å². The van der Waals surface area contributed by atoms with E-state index in [0.717, 1.165) is 6.07 Å². The van der Waals surface area contributed by atoms with Crippen LogP contribution in [0.3, 0.4) is 0 Å². The predicted octanol–water partition coefficient (Wildman–Crippen LogP) is 2.27. The summed E-state index contributed by atoms with van der Waals surface area (Å²) in [5, 5.41) is 0. The molecular weight excluding hydrogens is 233 g/mol. The lowest BCUT2D eigenvalue weighted by molar-refractivity contribution is -0.141. The second-order valence-electron chi connectivity index (χ2n) is 3.90. The van der Waals surface area contributed by atoms with E-state index < -0.39 is 11.9 Å². The van der Waals surface area contributed by atoms with Crippen LogP contribution < -0.4 is 4.90 Å². The summed E-state index contributed by atoms with van der Waals surface area (Å²) in [6, 6.07) is 3.81. The first kappa shape index (κ1) is 11.9. The van der Waals surface area contributed by atoms with Crippen LogP contribution in [0.15, 0.2) is 18.2 Å². The molecule has 1 aromatic rings. The summed E-state index contributed by atoms with van der Waals surface area (Å²) >= 11 is 0. The number of alkyl halides is 3. The number of rotatable bonds is 1. The van der Waals surface area contributed by atoms with Crippen LogP contribution in [-0.4, -0.2) is 23.9 Å². The molecule has 6 heteroatoms. The molecule has 3 nitrogen and oxygen atoms in total. The molecule has 1 aromatic heterocycles. The smallest absolute Gasteiger partial charge is 0.356 e. The van der Waals surface area contributed by atoms with E-state index in [4.69, 9.17) is 0 Å². The van der Waals surface area contributed by atoms with Crippen molar-refractivity contribution in [2.24, 2.45) is 0 Å². The molecule has 0 N–H and O–H groups in total. The van der Waals surface area contributed by atoms with Crippen LogP contribution >= 0.6 is 0 Å². The Morgan fingerprint density at radius 2 is 1.82 bits per heavy atom. The molecule has 0 radical (unpaired) electrons. The number of pyridine rings is 1. The number of aromatic nitrogens is 1. The number of carbonyl (C=O) groups excluding carboxylic acids is 1. The Morgan fingerprint density at radius 3 is 2.41 bits per heavy atom. The predicted molar refractivity (Wildman–Crippen MR) is 55.7 cm³/mol. The van der Waals surface area contributed by atoms with Crippen molar-refractivity contribution in [1.29, 1.82) is 0 Å². The van der Waals surface area contributed by atoms with Gasteiger partial charge in [-0.2, -0.15) is 13.2 Å².